The zero-order valence-electron chi connectivity index (χ0n) is 15.0. The number of methoxy groups -OCH3 is 1. The van der Waals surface area contributed by atoms with E-state index < -0.39 is 5.63 Å². The van der Waals surface area contributed by atoms with Gasteiger partial charge in [0, 0.05) is 36.0 Å². The van der Waals surface area contributed by atoms with Crippen LogP contribution in [0.5, 0.6) is 5.75 Å². The van der Waals surface area contributed by atoms with E-state index in [-0.39, 0.29) is 30.8 Å². The highest BCUT2D eigenvalue weighted by atomic mass is 35.5. The van der Waals surface area contributed by atoms with Crippen LogP contribution < -0.4 is 21.4 Å². The van der Waals surface area contributed by atoms with Crippen LogP contribution in [0.2, 0.25) is 0 Å². The minimum absolute atomic E-state index is 0. The maximum atomic E-state index is 12.3. The standard InChI is InChI=1S/C19H24N2O4.ClH/c1-11-14-6-5-13(24-2)9-17(14)25-19(23)15(11)7-8-18(22)21-16(10-20)12-3-4-12;/h5-6,9,12,16H,3-4,7-8,10,20H2,1-2H3,(H,21,22);1H. The van der Waals surface area contributed by atoms with Gasteiger partial charge in [0.1, 0.15) is 11.3 Å². The summed E-state index contributed by atoms with van der Waals surface area (Å²) in [5.74, 6) is 1.07. The molecule has 2 aromatic rings. The molecule has 1 atom stereocenters. The zero-order valence-corrected chi connectivity index (χ0v) is 15.9. The van der Waals surface area contributed by atoms with Gasteiger partial charge in [0.15, 0.2) is 0 Å². The number of amides is 1. The number of hydrogen-bond donors (Lipinski definition) is 2. The van der Waals surface area contributed by atoms with E-state index in [0.29, 0.717) is 35.8 Å². The summed E-state index contributed by atoms with van der Waals surface area (Å²) in [6.07, 6.45) is 2.85. The fraction of sp³-hybridized carbons (Fsp3) is 0.474. The smallest absolute Gasteiger partial charge is 0.339 e. The van der Waals surface area contributed by atoms with Crippen LogP contribution in [0.4, 0.5) is 0 Å². The summed E-state index contributed by atoms with van der Waals surface area (Å²) >= 11 is 0. The SMILES string of the molecule is COc1ccc2c(C)c(CCC(=O)NC(CN)C3CC3)c(=O)oc2c1.Cl. The van der Waals surface area contributed by atoms with E-state index in [2.05, 4.69) is 5.32 Å². The summed E-state index contributed by atoms with van der Waals surface area (Å²) in [5.41, 5.74) is 7.20. The van der Waals surface area contributed by atoms with E-state index in [1.807, 2.05) is 19.1 Å². The van der Waals surface area contributed by atoms with Crippen molar-refractivity contribution in [3.63, 3.8) is 0 Å². The Morgan fingerprint density at radius 1 is 1.42 bits per heavy atom. The Balaban J connectivity index is 0.00000243. The molecule has 0 saturated heterocycles. The Morgan fingerprint density at radius 3 is 2.77 bits per heavy atom. The predicted molar refractivity (Wildman–Crippen MR) is 103 cm³/mol. The van der Waals surface area contributed by atoms with Crippen LogP contribution in [0.1, 0.15) is 30.4 Å². The molecule has 1 heterocycles. The van der Waals surface area contributed by atoms with Gasteiger partial charge in [0.05, 0.1) is 7.11 Å². The summed E-state index contributed by atoms with van der Waals surface area (Å²) < 4.78 is 10.6. The van der Waals surface area contributed by atoms with Gasteiger partial charge in [-0.2, -0.15) is 0 Å². The average Bonchev–Trinajstić information content (AvgIpc) is 3.43. The van der Waals surface area contributed by atoms with Crippen LogP contribution in [0.3, 0.4) is 0 Å². The zero-order chi connectivity index (χ0) is 18.0. The Labute approximate surface area is 158 Å². The van der Waals surface area contributed by atoms with E-state index in [1.54, 1.807) is 13.2 Å². The highest BCUT2D eigenvalue weighted by molar-refractivity contribution is 5.85. The minimum Gasteiger partial charge on any atom is -0.497 e. The highest BCUT2D eigenvalue weighted by Gasteiger charge is 2.31. The van der Waals surface area contributed by atoms with Gasteiger partial charge in [-0.05, 0) is 49.8 Å². The Morgan fingerprint density at radius 2 is 2.15 bits per heavy atom. The molecule has 1 aromatic carbocycles. The lowest BCUT2D eigenvalue weighted by Gasteiger charge is -2.16. The minimum atomic E-state index is -0.399. The lowest BCUT2D eigenvalue weighted by molar-refractivity contribution is -0.121. The van der Waals surface area contributed by atoms with Crippen LogP contribution in [-0.4, -0.2) is 25.6 Å². The largest absolute Gasteiger partial charge is 0.497 e. The number of carbonyl (C=O) groups excluding carboxylic acids is 1. The topological polar surface area (TPSA) is 94.6 Å². The number of aryl methyl sites for hydroxylation is 1. The summed E-state index contributed by atoms with van der Waals surface area (Å²) in [6, 6.07) is 5.44. The maximum Gasteiger partial charge on any atom is 0.339 e. The Kier molecular flexibility index (Phi) is 6.67. The van der Waals surface area contributed by atoms with Crippen LogP contribution in [-0.2, 0) is 11.2 Å². The van der Waals surface area contributed by atoms with Gasteiger partial charge in [0.25, 0.3) is 0 Å². The number of nitrogens with one attached hydrogen (secondary N) is 1. The molecule has 1 aliphatic rings. The molecule has 26 heavy (non-hydrogen) atoms. The van der Waals surface area contributed by atoms with Crippen LogP contribution >= 0.6 is 12.4 Å². The fourth-order valence-corrected chi connectivity index (χ4v) is 3.18. The molecule has 1 unspecified atom stereocenters. The van der Waals surface area contributed by atoms with E-state index >= 15 is 0 Å². The van der Waals surface area contributed by atoms with Crippen molar-refractivity contribution in [1.29, 1.82) is 0 Å². The molecule has 6 nitrogen and oxygen atoms in total. The van der Waals surface area contributed by atoms with Gasteiger partial charge in [-0.25, -0.2) is 4.79 Å². The van der Waals surface area contributed by atoms with Crippen molar-refractivity contribution in [1.82, 2.24) is 5.32 Å². The average molecular weight is 381 g/mol. The molecule has 1 aliphatic carbocycles. The van der Waals surface area contributed by atoms with E-state index in [4.69, 9.17) is 14.9 Å². The second-order valence-electron chi connectivity index (χ2n) is 6.60. The first-order valence-corrected chi connectivity index (χ1v) is 8.63. The number of carbonyl (C=O) groups is 1. The molecule has 0 aliphatic heterocycles. The molecule has 0 radical (unpaired) electrons. The van der Waals surface area contributed by atoms with Gasteiger partial charge in [0.2, 0.25) is 5.91 Å². The summed E-state index contributed by atoms with van der Waals surface area (Å²) in [5, 5.41) is 3.83. The van der Waals surface area contributed by atoms with E-state index in [1.165, 1.54) is 0 Å². The lowest BCUT2D eigenvalue weighted by Crippen LogP contribution is -2.41. The third kappa shape index (κ3) is 4.37. The third-order valence-electron chi connectivity index (χ3n) is 4.89. The number of nitrogens with two attached hydrogens (primary N) is 1. The molecule has 1 saturated carbocycles. The maximum absolute atomic E-state index is 12.3. The number of halogens is 1. The molecule has 3 N–H and O–H groups in total. The number of hydrogen-bond acceptors (Lipinski definition) is 5. The molecule has 0 bridgehead atoms. The number of ether oxygens (including phenoxy) is 1. The van der Waals surface area contributed by atoms with Gasteiger partial charge < -0.3 is 20.2 Å². The molecule has 1 fully saturated rings. The third-order valence-corrected chi connectivity index (χ3v) is 4.89. The molecule has 7 heteroatoms. The highest BCUT2D eigenvalue weighted by Crippen LogP contribution is 2.32. The van der Waals surface area contributed by atoms with E-state index in [0.717, 1.165) is 23.8 Å². The molecule has 1 amide bonds. The van der Waals surface area contributed by atoms with Gasteiger partial charge in [-0.3, -0.25) is 4.79 Å². The summed E-state index contributed by atoms with van der Waals surface area (Å²) in [7, 11) is 1.56. The van der Waals surface area contributed by atoms with Gasteiger partial charge >= 0.3 is 5.63 Å². The van der Waals surface area contributed by atoms with Crippen molar-refractivity contribution in [2.24, 2.45) is 11.7 Å². The number of benzene rings is 1. The summed E-state index contributed by atoms with van der Waals surface area (Å²) in [6.45, 7) is 2.33. The van der Waals surface area contributed by atoms with Gasteiger partial charge in [-0.15, -0.1) is 12.4 Å². The second-order valence-corrected chi connectivity index (χ2v) is 6.60. The Bertz CT molecular complexity index is 845. The normalized spacial score (nSPS) is 14.6. The lowest BCUT2D eigenvalue weighted by atomic mass is 10.0. The first-order valence-electron chi connectivity index (χ1n) is 8.63. The predicted octanol–water partition coefficient (Wildman–Crippen LogP) is 2.32. The van der Waals surface area contributed by atoms with Crippen molar-refractivity contribution in [2.75, 3.05) is 13.7 Å². The quantitative estimate of drug-likeness (QED) is 0.719. The monoisotopic (exact) mass is 380 g/mol. The molecular weight excluding hydrogens is 356 g/mol. The van der Waals surface area contributed by atoms with Gasteiger partial charge in [-0.1, -0.05) is 0 Å². The first kappa shape index (κ1) is 20.3. The number of fused-ring (bicyclic) bond motifs is 1. The molecule has 3 rings (SSSR count). The fourth-order valence-electron chi connectivity index (χ4n) is 3.18. The molecular formula is C19H25ClN2O4. The summed E-state index contributed by atoms with van der Waals surface area (Å²) in [4.78, 5) is 24.5. The van der Waals surface area contributed by atoms with Crippen molar-refractivity contribution >= 4 is 29.3 Å². The molecule has 1 aromatic heterocycles. The molecule has 0 spiro atoms. The van der Waals surface area contributed by atoms with Crippen molar-refractivity contribution in [2.45, 2.75) is 38.6 Å². The van der Waals surface area contributed by atoms with Crippen LogP contribution in [0.15, 0.2) is 27.4 Å². The first-order chi connectivity index (χ1) is 12.0. The Hall–Kier alpha value is -2.05. The van der Waals surface area contributed by atoms with Crippen molar-refractivity contribution in [3.8, 4) is 5.75 Å². The van der Waals surface area contributed by atoms with Crippen molar-refractivity contribution < 1.29 is 13.9 Å². The number of rotatable bonds is 7. The van der Waals surface area contributed by atoms with Crippen LogP contribution in [0.25, 0.3) is 11.0 Å². The van der Waals surface area contributed by atoms with Crippen LogP contribution in [0, 0.1) is 12.8 Å². The second kappa shape index (κ2) is 8.56. The van der Waals surface area contributed by atoms with E-state index in [9.17, 15) is 9.59 Å². The van der Waals surface area contributed by atoms with Crippen molar-refractivity contribution in [3.05, 3.63) is 39.7 Å². The molecule has 142 valence electrons.